The van der Waals surface area contributed by atoms with Gasteiger partial charge in [-0.1, -0.05) is 17.7 Å². The van der Waals surface area contributed by atoms with Gasteiger partial charge in [-0.05, 0) is 30.4 Å². The summed E-state index contributed by atoms with van der Waals surface area (Å²) in [5.41, 5.74) is 0.528. The number of quaternary nitrogens is 2. The van der Waals surface area contributed by atoms with Crippen LogP contribution in [0.15, 0.2) is 29.3 Å². The Morgan fingerprint density at radius 2 is 2.15 bits per heavy atom. The van der Waals surface area contributed by atoms with Gasteiger partial charge in [0.25, 0.3) is 5.91 Å². The summed E-state index contributed by atoms with van der Waals surface area (Å²) in [7, 11) is 0. The third kappa shape index (κ3) is 4.45. The van der Waals surface area contributed by atoms with E-state index in [0.717, 1.165) is 32.7 Å². The molecule has 0 saturated carbocycles. The number of nitrogens with two attached hydrogens (primary N) is 1. The minimum absolute atomic E-state index is 0.0564. The van der Waals surface area contributed by atoms with Crippen LogP contribution in [0.1, 0.15) is 0 Å². The first kappa shape index (κ1) is 18.9. The van der Waals surface area contributed by atoms with E-state index in [4.69, 9.17) is 23.8 Å². The molecule has 26 heavy (non-hydrogen) atoms. The number of carbonyl (C=O) groups is 2. The molecule has 2 aliphatic heterocycles. The zero-order chi connectivity index (χ0) is 18.5. The maximum absolute atomic E-state index is 12.8. The summed E-state index contributed by atoms with van der Waals surface area (Å²) in [4.78, 5) is 32.1. The number of benzene rings is 1. The molecule has 4 N–H and O–H groups in total. The van der Waals surface area contributed by atoms with Crippen molar-refractivity contribution in [2.75, 3.05) is 44.2 Å². The van der Waals surface area contributed by atoms with Crippen LogP contribution in [0, 0.1) is 5.92 Å². The summed E-state index contributed by atoms with van der Waals surface area (Å²) in [6, 6.07) is 6.79. The van der Waals surface area contributed by atoms with Crippen molar-refractivity contribution in [3.05, 3.63) is 29.3 Å². The molecule has 1 aromatic rings. The topological polar surface area (TPSA) is 82.8 Å². The summed E-state index contributed by atoms with van der Waals surface area (Å²) < 4.78 is 0. The fourth-order valence-electron chi connectivity index (χ4n) is 3.12. The van der Waals surface area contributed by atoms with Gasteiger partial charge in [0.1, 0.15) is 26.2 Å². The number of nitrogens with zero attached hydrogens (tertiary/aromatic N) is 2. The Labute approximate surface area is 162 Å². The maximum Gasteiger partial charge on any atom is 0.251 e. The number of hydrogen-bond acceptors (Lipinski definition) is 4. The van der Waals surface area contributed by atoms with E-state index < -0.39 is 17.7 Å². The van der Waals surface area contributed by atoms with Gasteiger partial charge in [-0.25, -0.2) is 0 Å². The molecule has 2 amide bonds. The number of piperazine rings is 1. The zero-order valence-electron chi connectivity index (χ0n) is 14.3. The van der Waals surface area contributed by atoms with Crippen molar-refractivity contribution in [3.8, 4) is 0 Å². The third-order valence-electron chi connectivity index (χ3n) is 4.52. The summed E-state index contributed by atoms with van der Waals surface area (Å²) in [6.07, 6.45) is 1.44. The molecule has 2 saturated heterocycles. The lowest BCUT2D eigenvalue weighted by atomic mass is 10.1. The lowest BCUT2D eigenvalue weighted by Crippen LogP contribution is -3.20. The SMILES string of the molecule is O=C1NC(=S)N(c2cccc(Cl)c2)C(=O)[C@H]1C=NCC[NH+]1CC[NH2+]CC1. The highest BCUT2D eigenvalue weighted by Gasteiger charge is 2.38. The van der Waals surface area contributed by atoms with Crippen LogP contribution in [-0.2, 0) is 9.59 Å². The molecule has 1 atom stereocenters. The van der Waals surface area contributed by atoms with Crippen LogP contribution in [0.25, 0.3) is 0 Å². The van der Waals surface area contributed by atoms with Gasteiger partial charge in [-0.3, -0.25) is 19.5 Å². The quantitative estimate of drug-likeness (QED) is 0.314. The lowest BCUT2D eigenvalue weighted by Gasteiger charge is -2.31. The van der Waals surface area contributed by atoms with Crippen LogP contribution in [0.3, 0.4) is 0 Å². The van der Waals surface area contributed by atoms with Crippen LogP contribution < -0.4 is 20.4 Å². The number of amides is 2. The fourth-order valence-corrected chi connectivity index (χ4v) is 3.60. The normalized spacial score (nSPS) is 22.1. The van der Waals surface area contributed by atoms with E-state index >= 15 is 0 Å². The van der Waals surface area contributed by atoms with Crippen molar-refractivity contribution in [1.82, 2.24) is 5.32 Å². The van der Waals surface area contributed by atoms with E-state index in [2.05, 4.69) is 15.6 Å². The zero-order valence-corrected chi connectivity index (χ0v) is 15.9. The van der Waals surface area contributed by atoms with E-state index in [-0.39, 0.29) is 5.11 Å². The largest absolute Gasteiger partial charge is 0.337 e. The number of hydrogen-bond donors (Lipinski definition) is 3. The highest BCUT2D eigenvalue weighted by molar-refractivity contribution is 7.80. The van der Waals surface area contributed by atoms with Crippen LogP contribution >= 0.6 is 23.8 Å². The average molecular weight is 396 g/mol. The average Bonchev–Trinajstić information content (AvgIpc) is 2.61. The molecular formula is C17H22ClN5O2S+2. The molecule has 2 fully saturated rings. The Kier molecular flexibility index (Phi) is 6.31. The Morgan fingerprint density at radius 1 is 1.38 bits per heavy atom. The first-order valence-electron chi connectivity index (χ1n) is 8.66. The summed E-state index contributed by atoms with van der Waals surface area (Å²) in [5, 5.41) is 5.43. The maximum atomic E-state index is 12.8. The van der Waals surface area contributed by atoms with E-state index in [9.17, 15) is 9.59 Å². The Bertz CT molecular complexity index is 736. The van der Waals surface area contributed by atoms with Crippen LogP contribution in [-0.4, -0.2) is 62.4 Å². The van der Waals surface area contributed by atoms with Gasteiger partial charge in [0, 0.05) is 11.2 Å². The third-order valence-corrected chi connectivity index (χ3v) is 5.04. The molecule has 0 radical (unpaired) electrons. The lowest BCUT2D eigenvalue weighted by molar-refractivity contribution is -0.945. The van der Waals surface area contributed by atoms with Gasteiger partial charge in [-0.2, -0.15) is 0 Å². The van der Waals surface area contributed by atoms with Crippen molar-refractivity contribution in [3.63, 3.8) is 0 Å². The summed E-state index contributed by atoms with van der Waals surface area (Å²) in [6.45, 7) is 6.00. The van der Waals surface area contributed by atoms with Crippen molar-refractivity contribution >= 4 is 52.6 Å². The van der Waals surface area contributed by atoms with Gasteiger partial charge in [-0.15, -0.1) is 0 Å². The van der Waals surface area contributed by atoms with E-state index in [1.165, 1.54) is 16.0 Å². The molecule has 0 spiro atoms. The first-order chi connectivity index (χ1) is 12.6. The number of anilines is 1. The molecule has 7 nitrogen and oxygen atoms in total. The minimum Gasteiger partial charge on any atom is -0.337 e. The molecular weight excluding hydrogens is 374 g/mol. The van der Waals surface area contributed by atoms with Gasteiger partial charge in [0.05, 0.1) is 18.8 Å². The molecule has 0 aromatic heterocycles. The Balaban J connectivity index is 1.66. The number of aliphatic imine (C=N–C) groups is 1. The van der Waals surface area contributed by atoms with Gasteiger partial charge in [0.2, 0.25) is 5.91 Å². The minimum atomic E-state index is -0.981. The second-order valence-corrected chi connectivity index (χ2v) is 7.17. The van der Waals surface area contributed by atoms with Crippen molar-refractivity contribution < 1.29 is 19.8 Å². The first-order valence-corrected chi connectivity index (χ1v) is 9.44. The van der Waals surface area contributed by atoms with Gasteiger partial charge in [0.15, 0.2) is 11.0 Å². The number of carbonyl (C=O) groups excluding carboxylic acids is 2. The van der Waals surface area contributed by atoms with Crippen molar-refractivity contribution in [2.24, 2.45) is 10.9 Å². The molecule has 9 heteroatoms. The highest BCUT2D eigenvalue weighted by atomic mass is 35.5. The standard InChI is InChI=1S/C17H20ClN5O2S/c18-12-2-1-3-13(10-12)23-16(25)14(15(24)21-17(23)26)11-20-6-9-22-7-4-19-5-8-22/h1-3,10-11,14,19H,4-9H2,(H,21,24,26)/p+2/t14-/m0/s1. The van der Waals surface area contributed by atoms with Gasteiger partial charge < -0.3 is 15.5 Å². The van der Waals surface area contributed by atoms with Crippen LogP contribution in [0.4, 0.5) is 5.69 Å². The number of halogens is 1. The van der Waals surface area contributed by atoms with Gasteiger partial charge >= 0.3 is 0 Å². The van der Waals surface area contributed by atoms with E-state index in [1.54, 1.807) is 24.3 Å². The molecule has 0 aliphatic carbocycles. The molecule has 0 unspecified atom stereocenters. The molecule has 2 heterocycles. The fraction of sp³-hybridized carbons (Fsp3) is 0.412. The second kappa shape index (κ2) is 8.68. The Morgan fingerprint density at radius 3 is 2.88 bits per heavy atom. The predicted octanol–water partition coefficient (Wildman–Crippen LogP) is -1.76. The second-order valence-electron chi connectivity index (χ2n) is 6.35. The van der Waals surface area contributed by atoms with Crippen LogP contribution in [0.2, 0.25) is 5.02 Å². The van der Waals surface area contributed by atoms with Crippen molar-refractivity contribution in [2.45, 2.75) is 0 Å². The Hall–Kier alpha value is -1.87. The molecule has 3 rings (SSSR count). The number of thiocarbonyl (C=S) groups is 1. The van der Waals surface area contributed by atoms with E-state index in [0.29, 0.717) is 17.3 Å². The van der Waals surface area contributed by atoms with Crippen LogP contribution in [0.5, 0.6) is 0 Å². The number of nitrogens with one attached hydrogen (secondary N) is 2. The molecule has 2 aliphatic rings. The van der Waals surface area contributed by atoms with Crippen molar-refractivity contribution in [1.29, 1.82) is 0 Å². The monoisotopic (exact) mass is 395 g/mol. The number of rotatable bonds is 5. The smallest absolute Gasteiger partial charge is 0.251 e. The molecule has 1 aromatic carbocycles. The summed E-state index contributed by atoms with van der Waals surface area (Å²) >= 11 is 11.2. The van der Waals surface area contributed by atoms with E-state index in [1.807, 2.05) is 0 Å². The molecule has 138 valence electrons. The summed E-state index contributed by atoms with van der Waals surface area (Å²) in [5.74, 6) is -1.84. The predicted molar refractivity (Wildman–Crippen MR) is 104 cm³/mol. The highest BCUT2D eigenvalue weighted by Crippen LogP contribution is 2.23. The molecule has 0 bridgehead atoms.